The van der Waals surface area contributed by atoms with Gasteiger partial charge in [-0.25, -0.2) is 4.57 Å². The molecular formula is C40H56NO7PS. The van der Waals surface area contributed by atoms with Gasteiger partial charge in [-0.15, -0.1) is 0 Å². The van der Waals surface area contributed by atoms with Crippen molar-refractivity contribution in [1.82, 2.24) is 4.90 Å². The minimum atomic E-state index is -4.66. The van der Waals surface area contributed by atoms with Gasteiger partial charge in [-0.05, 0) is 77.8 Å². The molecule has 8 nitrogen and oxygen atoms in total. The smallest absolute Gasteiger partial charge is 0.492 e. The molecule has 0 fully saturated rings. The van der Waals surface area contributed by atoms with Gasteiger partial charge in [0.15, 0.2) is 0 Å². The number of ether oxygens (including phenoxy) is 1. The lowest BCUT2D eigenvalue weighted by Crippen LogP contribution is -2.33. The molecule has 1 atom stereocenters. The SMILES string of the molecule is CCCCCS(=O)CCCCCCCCCN(CCOc1ccc(/C(=C(/CC)c2ccccc2)c2ccc(OP(=O)(O)O)cc2)cc1)C(C)=O. The molecule has 0 aliphatic heterocycles. The van der Waals surface area contributed by atoms with Crippen LogP contribution in [0.25, 0.3) is 11.1 Å². The molecule has 2 N–H and O–H groups in total. The number of unbranched alkanes of at least 4 members (excludes halogenated alkanes) is 8. The highest BCUT2D eigenvalue weighted by molar-refractivity contribution is 7.84. The summed E-state index contributed by atoms with van der Waals surface area (Å²) in [6, 6.07) is 24.8. The monoisotopic (exact) mass is 725 g/mol. The summed E-state index contributed by atoms with van der Waals surface area (Å²) in [7, 11) is -5.31. The van der Waals surface area contributed by atoms with Gasteiger partial charge in [-0.3, -0.25) is 18.8 Å². The van der Waals surface area contributed by atoms with Crippen molar-refractivity contribution in [3.8, 4) is 11.5 Å². The summed E-state index contributed by atoms with van der Waals surface area (Å²) in [6.45, 7) is 7.53. The molecule has 3 aromatic rings. The van der Waals surface area contributed by atoms with E-state index in [2.05, 4.69) is 26.0 Å². The Morgan fingerprint density at radius 1 is 0.700 bits per heavy atom. The first kappa shape index (κ1) is 41.2. The summed E-state index contributed by atoms with van der Waals surface area (Å²) >= 11 is 0. The summed E-state index contributed by atoms with van der Waals surface area (Å²) in [6.07, 6.45) is 12.0. The van der Waals surface area contributed by atoms with Crippen molar-refractivity contribution in [3.63, 3.8) is 0 Å². The maximum absolute atomic E-state index is 12.3. The summed E-state index contributed by atoms with van der Waals surface area (Å²) in [4.78, 5) is 32.6. The van der Waals surface area contributed by atoms with Crippen molar-refractivity contribution in [2.24, 2.45) is 0 Å². The van der Waals surface area contributed by atoms with Crippen molar-refractivity contribution in [2.75, 3.05) is 31.2 Å². The normalized spacial score (nSPS) is 12.7. The molecule has 3 rings (SSSR count). The number of allylic oxidation sites excluding steroid dienone is 1. The molecule has 0 saturated heterocycles. The van der Waals surface area contributed by atoms with Crippen molar-refractivity contribution in [2.45, 2.75) is 91.4 Å². The summed E-state index contributed by atoms with van der Waals surface area (Å²) in [5.41, 5.74) is 5.09. The van der Waals surface area contributed by atoms with Gasteiger partial charge in [0.05, 0.1) is 6.54 Å². The molecule has 0 bridgehead atoms. The van der Waals surface area contributed by atoms with E-state index in [4.69, 9.17) is 9.26 Å². The predicted molar refractivity (Wildman–Crippen MR) is 206 cm³/mol. The molecule has 0 radical (unpaired) electrons. The van der Waals surface area contributed by atoms with Crippen LogP contribution in [-0.4, -0.2) is 56.0 Å². The summed E-state index contributed by atoms with van der Waals surface area (Å²) in [5.74, 6) is 2.55. The lowest BCUT2D eigenvalue weighted by molar-refractivity contribution is -0.129. The van der Waals surface area contributed by atoms with E-state index >= 15 is 0 Å². The Labute approximate surface area is 302 Å². The third kappa shape index (κ3) is 15.3. The molecule has 0 aliphatic rings. The molecule has 0 saturated carbocycles. The van der Waals surface area contributed by atoms with Crippen LogP contribution >= 0.6 is 7.82 Å². The Balaban J connectivity index is 1.52. The standard InChI is InChI=1S/C40H56NO7PS/c1-4-6-16-31-50(46)32-17-11-9-7-8-10-15-28-41(33(3)42)29-30-47-37-24-20-35(21-25-37)40(39(5-2)34-18-13-12-14-19-34)36-22-26-38(27-23-36)48-49(43,44)45/h12-14,18-27H,4-11,15-17,28-32H2,1-3H3,(H2,43,44,45)/b40-39+. The van der Waals surface area contributed by atoms with Crippen LogP contribution in [0.3, 0.4) is 0 Å². The van der Waals surface area contributed by atoms with Crippen LogP contribution in [0.1, 0.15) is 108 Å². The second-order valence-corrected chi connectivity index (χ2v) is 15.4. The molecule has 1 unspecified atom stereocenters. The first-order valence-electron chi connectivity index (χ1n) is 18.1. The second-order valence-electron chi connectivity index (χ2n) is 12.6. The fourth-order valence-electron chi connectivity index (χ4n) is 5.98. The zero-order valence-electron chi connectivity index (χ0n) is 30.1. The molecule has 0 heterocycles. The van der Waals surface area contributed by atoms with Crippen LogP contribution in [0.4, 0.5) is 0 Å². The van der Waals surface area contributed by atoms with E-state index in [0.29, 0.717) is 18.9 Å². The molecule has 10 heteroatoms. The van der Waals surface area contributed by atoms with Crippen LogP contribution in [0.5, 0.6) is 11.5 Å². The number of hydrogen-bond donors (Lipinski definition) is 2. The fourth-order valence-corrected chi connectivity index (χ4v) is 7.64. The van der Waals surface area contributed by atoms with Gasteiger partial charge in [-0.1, -0.05) is 113 Å². The highest BCUT2D eigenvalue weighted by atomic mass is 32.2. The van der Waals surface area contributed by atoms with Gasteiger partial charge in [0.2, 0.25) is 5.91 Å². The van der Waals surface area contributed by atoms with Gasteiger partial charge < -0.3 is 14.2 Å². The first-order valence-corrected chi connectivity index (χ1v) is 21.1. The maximum Gasteiger partial charge on any atom is 0.524 e. The Morgan fingerprint density at radius 2 is 1.24 bits per heavy atom. The number of carbonyl (C=O) groups is 1. The van der Waals surface area contributed by atoms with E-state index in [-0.39, 0.29) is 11.7 Å². The van der Waals surface area contributed by atoms with Crippen LogP contribution in [0.15, 0.2) is 78.9 Å². The lowest BCUT2D eigenvalue weighted by Gasteiger charge is -2.21. The average Bonchev–Trinajstić information content (AvgIpc) is 3.09. The molecule has 0 aliphatic carbocycles. The van der Waals surface area contributed by atoms with Crippen LogP contribution in [-0.2, 0) is 20.2 Å². The number of rotatable bonds is 24. The van der Waals surface area contributed by atoms with Crippen molar-refractivity contribution in [1.29, 1.82) is 0 Å². The fraction of sp³-hybridized carbons (Fsp3) is 0.475. The van der Waals surface area contributed by atoms with E-state index < -0.39 is 18.6 Å². The second kappa shape index (κ2) is 22.6. The molecular weight excluding hydrogens is 669 g/mol. The van der Waals surface area contributed by atoms with E-state index in [1.165, 1.54) is 25.7 Å². The van der Waals surface area contributed by atoms with Crippen LogP contribution in [0.2, 0.25) is 0 Å². The van der Waals surface area contributed by atoms with Gasteiger partial charge >= 0.3 is 7.82 Å². The van der Waals surface area contributed by atoms with Crippen molar-refractivity contribution in [3.05, 3.63) is 95.6 Å². The van der Waals surface area contributed by atoms with Crippen molar-refractivity contribution >= 4 is 35.7 Å². The topological polar surface area (TPSA) is 113 Å². The maximum atomic E-state index is 12.3. The van der Waals surface area contributed by atoms with Gasteiger partial charge in [0.25, 0.3) is 0 Å². The van der Waals surface area contributed by atoms with Crippen LogP contribution < -0.4 is 9.26 Å². The number of carbonyl (C=O) groups excluding carboxylic acids is 1. The third-order valence-electron chi connectivity index (χ3n) is 8.64. The number of hydrogen-bond acceptors (Lipinski definition) is 5. The molecule has 3 aromatic carbocycles. The minimum absolute atomic E-state index is 0.0517. The highest BCUT2D eigenvalue weighted by Crippen LogP contribution is 2.39. The predicted octanol–water partition coefficient (Wildman–Crippen LogP) is 9.42. The molecule has 274 valence electrons. The van der Waals surface area contributed by atoms with E-state index in [1.807, 2.05) is 47.4 Å². The molecule has 1 amide bonds. The first-order chi connectivity index (χ1) is 24.1. The zero-order chi connectivity index (χ0) is 36.2. The quantitative estimate of drug-likeness (QED) is 0.0538. The highest BCUT2D eigenvalue weighted by Gasteiger charge is 2.18. The molecule has 50 heavy (non-hydrogen) atoms. The van der Waals surface area contributed by atoms with E-state index in [9.17, 15) is 23.4 Å². The number of amides is 1. The minimum Gasteiger partial charge on any atom is -0.492 e. The number of benzene rings is 3. The van der Waals surface area contributed by atoms with E-state index in [1.54, 1.807) is 31.2 Å². The van der Waals surface area contributed by atoms with Gasteiger partial charge in [-0.2, -0.15) is 0 Å². The Morgan fingerprint density at radius 3 is 1.78 bits per heavy atom. The van der Waals surface area contributed by atoms with Crippen LogP contribution in [0, 0.1) is 0 Å². The Kier molecular flexibility index (Phi) is 18.6. The molecule has 0 spiro atoms. The largest absolute Gasteiger partial charge is 0.524 e. The van der Waals surface area contributed by atoms with Crippen molar-refractivity contribution < 1.29 is 32.6 Å². The number of phosphoric acid groups is 1. The number of phosphoric ester groups is 1. The lowest BCUT2D eigenvalue weighted by atomic mass is 9.88. The molecule has 0 aromatic heterocycles. The van der Waals surface area contributed by atoms with Gasteiger partial charge in [0.1, 0.15) is 18.1 Å². The summed E-state index contributed by atoms with van der Waals surface area (Å²) in [5, 5.41) is 0. The third-order valence-corrected chi connectivity index (χ3v) is 10.6. The van der Waals surface area contributed by atoms with Gasteiger partial charge in [0, 0.05) is 35.8 Å². The summed E-state index contributed by atoms with van der Waals surface area (Å²) < 4.78 is 34.2. The number of nitrogens with zero attached hydrogens (tertiary/aromatic N) is 1. The Hall–Kier alpha value is -3.23. The average molecular weight is 726 g/mol. The zero-order valence-corrected chi connectivity index (χ0v) is 31.8. The van der Waals surface area contributed by atoms with E-state index in [0.717, 1.165) is 90.8 Å². The Bertz CT molecular complexity index is 1520.